The molecule has 1 N–H and O–H groups in total. The number of halogens is 1. The second kappa shape index (κ2) is 8.42. The molecule has 0 saturated heterocycles. The predicted octanol–water partition coefficient (Wildman–Crippen LogP) is 3.83. The van der Waals surface area contributed by atoms with Crippen LogP contribution in [-0.2, 0) is 17.9 Å². The van der Waals surface area contributed by atoms with E-state index in [-0.39, 0.29) is 0 Å². The minimum atomic E-state index is 0.614. The predicted molar refractivity (Wildman–Crippen MR) is 86.4 cm³/mol. The molecule has 2 aromatic rings. The number of methoxy groups -OCH3 is 1. The van der Waals surface area contributed by atoms with Crippen LogP contribution < -0.4 is 10.1 Å². The lowest BCUT2D eigenvalue weighted by Crippen LogP contribution is -2.20. The number of nitrogens with one attached hydrogen (secondary N) is 1. The maximum Gasteiger partial charge on any atom is 0.119 e. The first-order valence-electron chi connectivity index (χ1n) is 6.42. The van der Waals surface area contributed by atoms with Gasteiger partial charge in [-0.05, 0) is 39.7 Å². The van der Waals surface area contributed by atoms with E-state index in [2.05, 4.69) is 32.7 Å². The first-order chi connectivity index (χ1) is 9.78. The van der Waals surface area contributed by atoms with Crippen LogP contribution in [-0.4, -0.2) is 20.3 Å². The highest BCUT2D eigenvalue weighted by Crippen LogP contribution is 2.19. The molecule has 0 spiro atoms. The number of hydrogen-bond donors (Lipinski definition) is 1. The molecule has 0 fully saturated rings. The average Bonchev–Trinajstić information content (AvgIpc) is 2.85. The van der Waals surface area contributed by atoms with Gasteiger partial charge in [-0.3, -0.25) is 0 Å². The smallest absolute Gasteiger partial charge is 0.119 e. The molecule has 0 atom stereocenters. The number of thiophene rings is 1. The average molecular weight is 356 g/mol. The SMILES string of the molecule is COCc1cccc(OCCNCc2cc(Br)cs2)c1. The Kier molecular flexibility index (Phi) is 6.53. The summed E-state index contributed by atoms with van der Waals surface area (Å²) in [7, 11) is 1.69. The van der Waals surface area contributed by atoms with Crippen molar-refractivity contribution in [1.82, 2.24) is 5.32 Å². The van der Waals surface area contributed by atoms with Crippen LogP contribution in [0.15, 0.2) is 40.2 Å². The summed E-state index contributed by atoms with van der Waals surface area (Å²) < 4.78 is 12.0. The Balaban J connectivity index is 1.66. The molecule has 0 amide bonds. The lowest BCUT2D eigenvalue weighted by Gasteiger charge is -2.08. The topological polar surface area (TPSA) is 30.5 Å². The van der Waals surface area contributed by atoms with E-state index in [4.69, 9.17) is 9.47 Å². The summed E-state index contributed by atoms with van der Waals surface area (Å²) in [6.45, 7) is 2.97. The summed E-state index contributed by atoms with van der Waals surface area (Å²) in [5, 5.41) is 5.46. The van der Waals surface area contributed by atoms with Crippen LogP contribution in [0.1, 0.15) is 10.4 Å². The molecule has 20 heavy (non-hydrogen) atoms. The van der Waals surface area contributed by atoms with Gasteiger partial charge in [0, 0.05) is 34.9 Å². The molecule has 0 unspecified atom stereocenters. The zero-order valence-electron chi connectivity index (χ0n) is 11.4. The van der Waals surface area contributed by atoms with E-state index >= 15 is 0 Å². The van der Waals surface area contributed by atoms with Crippen molar-refractivity contribution in [2.45, 2.75) is 13.2 Å². The minimum absolute atomic E-state index is 0.614. The van der Waals surface area contributed by atoms with Crippen LogP contribution in [0.4, 0.5) is 0 Å². The van der Waals surface area contributed by atoms with Gasteiger partial charge < -0.3 is 14.8 Å². The lowest BCUT2D eigenvalue weighted by molar-refractivity contribution is 0.184. The summed E-state index contributed by atoms with van der Waals surface area (Å²) >= 11 is 5.20. The standard InChI is InChI=1S/C15H18BrNO2S/c1-18-10-12-3-2-4-14(7-12)19-6-5-17-9-15-8-13(16)11-20-15/h2-4,7-8,11,17H,5-6,9-10H2,1H3. The van der Waals surface area contributed by atoms with E-state index < -0.39 is 0 Å². The molecular weight excluding hydrogens is 338 g/mol. The second-order valence-electron chi connectivity index (χ2n) is 4.34. The van der Waals surface area contributed by atoms with Crippen LogP contribution in [0.25, 0.3) is 0 Å². The molecule has 0 radical (unpaired) electrons. The van der Waals surface area contributed by atoms with Crippen molar-refractivity contribution in [3.05, 3.63) is 50.6 Å². The molecule has 0 aliphatic carbocycles. The van der Waals surface area contributed by atoms with Gasteiger partial charge in [-0.1, -0.05) is 12.1 Å². The van der Waals surface area contributed by atoms with Crippen LogP contribution >= 0.6 is 27.3 Å². The first kappa shape index (κ1) is 15.5. The van der Waals surface area contributed by atoms with Gasteiger partial charge in [0.2, 0.25) is 0 Å². The van der Waals surface area contributed by atoms with Gasteiger partial charge in [0.1, 0.15) is 12.4 Å². The lowest BCUT2D eigenvalue weighted by atomic mass is 10.2. The van der Waals surface area contributed by atoms with Crippen molar-refractivity contribution in [2.75, 3.05) is 20.3 Å². The fraction of sp³-hybridized carbons (Fsp3) is 0.333. The summed E-state index contributed by atoms with van der Waals surface area (Å²) in [4.78, 5) is 1.32. The maximum absolute atomic E-state index is 5.71. The van der Waals surface area contributed by atoms with Crippen LogP contribution in [0.3, 0.4) is 0 Å². The van der Waals surface area contributed by atoms with Crippen LogP contribution in [0.2, 0.25) is 0 Å². The number of benzene rings is 1. The van der Waals surface area contributed by atoms with Gasteiger partial charge in [-0.25, -0.2) is 0 Å². The van der Waals surface area contributed by atoms with Crippen molar-refractivity contribution < 1.29 is 9.47 Å². The highest BCUT2D eigenvalue weighted by Gasteiger charge is 1.98. The third-order valence-electron chi connectivity index (χ3n) is 2.68. The fourth-order valence-corrected chi connectivity index (χ4v) is 3.21. The van der Waals surface area contributed by atoms with E-state index in [1.165, 1.54) is 4.88 Å². The number of ether oxygens (including phenoxy) is 2. The minimum Gasteiger partial charge on any atom is -0.492 e. The quantitative estimate of drug-likeness (QED) is 0.730. The summed E-state index contributed by atoms with van der Waals surface area (Å²) in [6, 6.07) is 10.1. The van der Waals surface area contributed by atoms with E-state index in [0.717, 1.165) is 28.9 Å². The molecule has 3 nitrogen and oxygen atoms in total. The molecule has 0 aliphatic rings. The molecule has 1 heterocycles. The second-order valence-corrected chi connectivity index (χ2v) is 6.25. The molecule has 108 valence electrons. The monoisotopic (exact) mass is 355 g/mol. The number of hydrogen-bond acceptors (Lipinski definition) is 4. The normalized spacial score (nSPS) is 10.7. The zero-order valence-corrected chi connectivity index (χ0v) is 13.8. The Morgan fingerprint density at radius 3 is 2.95 bits per heavy atom. The third kappa shape index (κ3) is 5.25. The molecule has 2 rings (SSSR count). The van der Waals surface area contributed by atoms with Gasteiger partial charge in [-0.15, -0.1) is 11.3 Å². The Morgan fingerprint density at radius 1 is 1.30 bits per heavy atom. The Morgan fingerprint density at radius 2 is 2.20 bits per heavy atom. The molecule has 1 aromatic carbocycles. The fourth-order valence-electron chi connectivity index (χ4n) is 1.79. The van der Waals surface area contributed by atoms with E-state index in [1.807, 2.05) is 24.3 Å². The van der Waals surface area contributed by atoms with Gasteiger partial charge in [0.15, 0.2) is 0 Å². The van der Waals surface area contributed by atoms with Gasteiger partial charge in [0.05, 0.1) is 6.61 Å². The first-order valence-corrected chi connectivity index (χ1v) is 8.09. The highest BCUT2D eigenvalue weighted by atomic mass is 79.9. The van der Waals surface area contributed by atoms with E-state index in [9.17, 15) is 0 Å². The molecule has 0 saturated carbocycles. The Labute approximate surface area is 132 Å². The van der Waals surface area contributed by atoms with Crippen molar-refractivity contribution in [2.24, 2.45) is 0 Å². The van der Waals surface area contributed by atoms with Crippen molar-refractivity contribution >= 4 is 27.3 Å². The Hall–Kier alpha value is -0.880. The summed E-state index contributed by atoms with van der Waals surface area (Å²) in [5.41, 5.74) is 1.13. The third-order valence-corrected chi connectivity index (χ3v) is 4.38. The van der Waals surface area contributed by atoms with Gasteiger partial charge in [-0.2, -0.15) is 0 Å². The highest BCUT2D eigenvalue weighted by molar-refractivity contribution is 9.10. The van der Waals surface area contributed by atoms with E-state index in [0.29, 0.717) is 13.2 Å². The largest absolute Gasteiger partial charge is 0.492 e. The Bertz CT molecular complexity index is 530. The van der Waals surface area contributed by atoms with Gasteiger partial charge in [0.25, 0.3) is 0 Å². The van der Waals surface area contributed by atoms with E-state index in [1.54, 1.807) is 18.4 Å². The summed E-state index contributed by atoms with van der Waals surface area (Å²) in [6.07, 6.45) is 0. The molecule has 1 aromatic heterocycles. The van der Waals surface area contributed by atoms with Crippen LogP contribution in [0, 0.1) is 0 Å². The number of rotatable bonds is 8. The van der Waals surface area contributed by atoms with Crippen molar-refractivity contribution in [1.29, 1.82) is 0 Å². The van der Waals surface area contributed by atoms with Gasteiger partial charge >= 0.3 is 0 Å². The summed E-state index contributed by atoms with van der Waals surface area (Å²) in [5.74, 6) is 0.889. The molecule has 5 heteroatoms. The molecule has 0 bridgehead atoms. The van der Waals surface area contributed by atoms with Crippen molar-refractivity contribution in [3.63, 3.8) is 0 Å². The van der Waals surface area contributed by atoms with Crippen molar-refractivity contribution in [3.8, 4) is 5.75 Å². The maximum atomic E-state index is 5.71. The molecule has 0 aliphatic heterocycles. The molecular formula is C15H18BrNO2S. The zero-order chi connectivity index (χ0) is 14.2. The van der Waals surface area contributed by atoms with Crippen LogP contribution in [0.5, 0.6) is 5.75 Å².